The van der Waals surface area contributed by atoms with Gasteiger partial charge in [-0.15, -0.1) is 0 Å². The van der Waals surface area contributed by atoms with Crippen LogP contribution >= 0.6 is 0 Å². The summed E-state index contributed by atoms with van der Waals surface area (Å²) in [4.78, 5) is 0. The van der Waals surface area contributed by atoms with Gasteiger partial charge in [-0.2, -0.15) is 0 Å². The fraction of sp³-hybridized carbons (Fsp3) is 0.667. The van der Waals surface area contributed by atoms with Gasteiger partial charge in [0.15, 0.2) is 0 Å². The van der Waals surface area contributed by atoms with E-state index in [0.29, 0.717) is 0 Å². The molecule has 0 rings (SSSR count). The van der Waals surface area contributed by atoms with Crippen LogP contribution in [0.5, 0.6) is 0 Å². The van der Waals surface area contributed by atoms with Crippen molar-refractivity contribution < 1.29 is 0 Å². The molecule has 0 saturated carbocycles. The summed E-state index contributed by atoms with van der Waals surface area (Å²) in [5.74, 6) is 0.780. The number of allylic oxidation sites excluding steroid dienone is 6. The molecule has 0 aromatic carbocycles. The fourth-order valence-corrected chi connectivity index (χ4v) is 2.08. The van der Waals surface area contributed by atoms with E-state index >= 15 is 0 Å². The zero-order valence-corrected chi connectivity index (χ0v) is 13.3. The maximum Gasteiger partial charge on any atom is -0.0288 e. The third-order valence-electron chi connectivity index (χ3n) is 2.97. The van der Waals surface area contributed by atoms with E-state index in [1.54, 1.807) is 5.57 Å². The number of hydrogen-bond acceptors (Lipinski definition) is 0. The maximum absolute atomic E-state index is 2.41. The number of hydrogen-bond donors (Lipinski definition) is 0. The Labute approximate surface area is 115 Å². The van der Waals surface area contributed by atoms with Crippen LogP contribution < -0.4 is 0 Å². The lowest BCUT2D eigenvalue weighted by Gasteiger charge is -2.05. The summed E-state index contributed by atoms with van der Waals surface area (Å²) in [7, 11) is 0. The van der Waals surface area contributed by atoms with Crippen LogP contribution in [0.3, 0.4) is 0 Å². The molecule has 0 N–H and O–H groups in total. The van der Waals surface area contributed by atoms with Gasteiger partial charge in [-0.1, -0.05) is 48.8 Å². The van der Waals surface area contributed by atoms with Crippen LogP contribution in [0.2, 0.25) is 0 Å². The van der Waals surface area contributed by atoms with Gasteiger partial charge in [-0.3, -0.25) is 0 Å². The minimum Gasteiger partial charge on any atom is -0.0856 e. The Kier molecular flexibility index (Phi) is 9.73. The van der Waals surface area contributed by atoms with Gasteiger partial charge < -0.3 is 0 Å². The highest BCUT2D eigenvalue weighted by molar-refractivity contribution is 5.04. The van der Waals surface area contributed by atoms with Gasteiger partial charge in [0, 0.05) is 0 Å². The Morgan fingerprint density at radius 1 is 0.778 bits per heavy atom. The van der Waals surface area contributed by atoms with E-state index in [1.165, 1.54) is 43.3 Å². The molecule has 0 aliphatic heterocycles. The molecule has 0 aliphatic carbocycles. The van der Waals surface area contributed by atoms with Crippen molar-refractivity contribution in [2.75, 3.05) is 0 Å². The maximum atomic E-state index is 2.41. The van der Waals surface area contributed by atoms with E-state index in [9.17, 15) is 0 Å². The lowest BCUT2D eigenvalue weighted by Crippen LogP contribution is -1.88. The predicted octanol–water partition coefficient (Wildman–Crippen LogP) is 6.45. The fourth-order valence-electron chi connectivity index (χ4n) is 2.08. The van der Waals surface area contributed by atoms with Crippen molar-refractivity contribution in [3.05, 3.63) is 34.9 Å². The Morgan fingerprint density at radius 2 is 1.33 bits per heavy atom. The molecule has 18 heavy (non-hydrogen) atoms. The quantitative estimate of drug-likeness (QED) is 0.342. The minimum absolute atomic E-state index is 0.780. The molecule has 0 aliphatic rings. The average Bonchev–Trinajstić information content (AvgIpc) is 2.23. The first-order valence-electron chi connectivity index (χ1n) is 7.36. The highest BCUT2D eigenvalue weighted by Crippen LogP contribution is 2.13. The second-order valence-electron chi connectivity index (χ2n) is 6.10. The molecule has 0 saturated heterocycles. The van der Waals surface area contributed by atoms with Crippen molar-refractivity contribution in [3.63, 3.8) is 0 Å². The summed E-state index contributed by atoms with van der Waals surface area (Å²) in [6.45, 7) is 13.4. The minimum atomic E-state index is 0.780. The van der Waals surface area contributed by atoms with E-state index in [-0.39, 0.29) is 0 Å². The van der Waals surface area contributed by atoms with Gasteiger partial charge in [0.25, 0.3) is 0 Å². The van der Waals surface area contributed by atoms with E-state index in [2.05, 4.69) is 59.8 Å². The van der Waals surface area contributed by atoms with Gasteiger partial charge >= 0.3 is 0 Å². The van der Waals surface area contributed by atoms with Crippen LogP contribution in [0.15, 0.2) is 34.9 Å². The highest BCUT2D eigenvalue weighted by Gasteiger charge is 1.95. The Hall–Kier alpha value is -0.780. The second kappa shape index (κ2) is 10.2. The van der Waals surface area contributed by atoms with Gasteiger partial charge in [0.05, 0.1) is 0 Å². The largest absolute Gasteiger partial charge is 0.0856 e. The lowest BCUT2D eigenvalue weighted by atomic mass is 10.0. The van der Waals surface area contributed by atoms with Crippen molar-refractivity contribution in [2.24, 2.45) is 5.92 Å². The smallest absolute Gasteiger partial charge is 0.0288 e. The number of rotatable bonds is 8. The lowest BCUT2D eigenvalue weighted by molar-refractivity contribution is 0.640. The van der Waals surface area contributed by atoms with Crippen LogP contribution in [-0.2, 0) is 0 Å². The third-order valence-corrected chi connectivity index (χ3v) is 2.97. The average molecular weight is 248 g/mol. The van der Waals surface area contributed by atoms with E-state index in [1.807, 2.05) is 0 Å². The molecular formula is C18H32. The van der Waals surface area contributed by atoms with Gasteiger partial charge in [-0.05, 0) is 65.7 Å². The normalized spacial score (nSPS) is 13.1. The molecule has 0 aromatic rings. The Morgan fingerprint density at radius 3 is 1.89 bits per heavy atom. The summed E-state index contributed by atoms with van der Waals surface area (Å²) in [6, 6.07) is 0. The summed E-state index contributed by atoms with van der Waals surface area (Å²) < 4.78 is 0. The van der Waals surface area contributed by atoms with Gasteiger partial charge in [0.1, 0.15) is 0 Å². The van der Waals surface area contributed by atoms with Crippen molar-refractivity contribution in [1.29, 1.82) is 0 Å². The van der Waals surface area contributed by atoms with Crippen LogP contribution in [0, 0.1) is 5.92 Å². The van der Waals surface area contributed by atoms with Crippen LogP contribution in [0.1, 0.15) is 73.6 Å². The Bertz CT molecular complexity index is 296. The molecule has 0 heterocycles. The molecule has 0 aromatic heterocycles. The van der Waals surface area contributed by atoms with Crippen molar-refractivity contribution in [2.45, 2.75) is 73.6 Å². The van der Waals surface area contributed by atoms with Gasteiger partial charge in [-0.25, -0.2) is 0 Å². The van der Waals surface area contributed by atoms with Crippen LogP contribution in [0.25, 0.3) is 0 Å². The summed E-state index contributed by atoms with van der Waals surface area (Å²) in [5, 5.41) is 0. The predicted molar refractivity (Wildman–Crippen MR) is 84.9 cm³/mol. The second-order valence-corrected chi connectivity index (χ2v) is 6.10. The molecule has 0 atom stereocenters. The molecule has 0 unspecified atom stereocenters. The first-order chi connectivity index (χ1) is 8.41. The van der Waals surface area contributed by atoms with E-state index in [0.717, 1.165) is 5.92 Å². The molecule has 0 amide bonds. The van der Waals surface area contributed by atoms with Crippen molar-refractivity contribution in [1.82, 2.24) is 0 Å². The monoisotopic (exact) mass is 248 g/mol. The van der Waals surface area contributed by atoms with Crippen LogP contribution in [0.4, 0.5) is 0 Å². The zero-order chi connectivity index (χ0) is 14.0. The molecule has 0 bridgehead atoms. The Balaban J connectivity index is 3.85. The summed E-state index contributed by atoms with van der Waals surface area (Å²) in [5.41, 5.74) is 4.50. The third kappa shape index (κ3) is 11.7. The molecular weight excluding hydrogens is 216 g/mol. The first-order valence-corrected chi connectivity index (χ1v) is 7.36. The van der Waals surface area contributed by atoms with Crippen molar-refractivity contribution >= 4 is 0 Å². The summed E-state index contributed by atoms with van der Waals surface area (Å²) in [6.07, 6.45) is 13.1. The SMILES string of the molecule is CC(C)=CCC/C=C(/C)CC/C=C(\C)CC(C)C. The van der Waals surface area contributed by atoms with Gasteiger partial charge in [0.2, 0.25) is 0 Å². The first kappa shape index (κ1) is 17.2. The highest BCUT2D eigenvalue weighted by atomic mass is 14.0. The number of unbranched alkanes of at least 4 members (excludes halogenated alkanes) is 1. The van der Waals surface area contributed by atoms with Crippen molar-refractivity contribution in [3.8, 4) is 0 Å². The van der Waals surface area contributed by atoms with E-state index in [4.69, 9.17) is 0 Å². The molecule has 0 nitrogen and oxygen atoms in total. The molecule has 0 spiro atoms. The molecule has 0 heteroatoms. The molecule has 0 fully saturated rings. The zero-order valence-electron chi connectivity index (χ0n) is 13.3. The van der Waals surface area contributed by atoms with E-state index < -0.39 is 0 Å². The molecule has 0 radical (unpaired) electrons. The summed E-state index contributed by atoms with van der Waals surface area (Å²) >= 11 is 0. The topological polar surface area (TPSA) is 0 Å². The standard InChI is InChI=1S/C18H32/c1-15(2)10-7-8-11-17(5)12-9-13-18(6)14-16(3)4/h10-11,13,16H,7-9,12,14H2,1-6H3/b17-11-,18-13+. The molecule has 104 valence electrons. The van der Waals surface area contributed by atoms with Crippen LogP contribution in [-0.4, -0.2) is 0 Å².